The summed E-state index contributed by atoms with van der Waals surface area (Å²) < 4.78 is 28.5. The summed E-state index contributed by atoms with van der Waals surface area (Å²) in [6.07, 6.45) is 4.49. The van der Waals surface area contributed by atoms with Gasteiger partial charge in [-0.2, -0.15) is 12.7 Å². The highest BCUT2D eigenvalue weighted by Gasteiger charge is 2.32. The Balaban J connectivity index is 1.81. The molecule has 0 saturated carbocycles. The summed E-state index contributed by atoms with van der Waals surface area (Å²) in [5.41, 5.74) is 0. The molecule has 19 heavy (non-hydrogen) atoms. The van der Waals surface area contributed by atoms with E-state index >= 15 is 0 Å². The Morgan fingerprint density at radius 3 is 2.47 bits per heavy atom. The van der Waals surface area contributed by atoms with E-state index in [0.717, 1.165) is 19.4 Å². The quantitative estimate of drug-likeness (QED) is 0.792. The summed E-state index contributed by atoms with van der Waals surface area (Å²) in [6.45, 7) is 7.00. The molecule has 2 heterocycles. The van der Waals surface area contributed by atoms with E-state index in [1.165, 1.54) is 12.8 Å². The molecule has 2 fully saturated rings. The minimum Gasteiger partial charge on any atom is -0.314 e. The van der Waals surface area contributed by atoms with Crippen molar-refractivity contribution in [3.63, 3.8) is 0 Å². The van der Waals surface area contributed by atoms with E-state index in [1.807, 2.05) is 13.8 Å². The van der Waals surface area contributed by atoms with Crippen molar-refractivity contribution in [2.75, 3.05) is 26.2 Å². The molecule has 0 bridgehead atoms. The normalized spacial score (nSPS) is 27.2. The van der Waals surface area contributed by atoms with Crippen LogP contribution in [0.25, 0.3) is 0 Å². The fourth-order valence-electron chi connectivity index (χ4n) is 3.00. The Bertz CT molecular complexity index is 369. The molecule has 0 aromatic heterocycles. The highest BCUT2D eigenvalue weighted by Crippen LogP contribution is 2.26. The largest absolute Gasteiger partial charge is 0.314 e. The number of piperidine rings is 1. The monoisotopic (exact) mass is 289 g/mol. The molecule has 2 aliphatic heterocycles. The van der Waals surface area contributed by atoms with E-state index in [2.05, 4.69) is 10.0 Å². The summed E-state index contributed by atoms with van der Waals surface area (Å²) >= 11 is 0. The summed E-state index contributed by atoms with van der Waals surface area (Å²) in [5, 5.41) is 3.54. The second kappa shape index (κ2) is 6.52. The fourth-order valence-corrected chi connectivity index (χ4v) is 4.41. The second-order valence-electron chi connectivity index (χ2n) is 6.19. The van der Waals surface area contributed by atoms with Crippen molar-refractivity contribution in [1.29, 1.82) is 0 Å². The minimum absolute atomic E-state index is 0.343. The van der Waals surface area contributed by atoms with E-state index in [9.17, 15) is 8.42 Å². The lowest BCUT2D eigenvalue weighted by molar-refractivity contribution is 0.232. The lowest BCUT2D eigenvalue weighted by atomic mass is 9.89. The van der Waals surface area contributed by atoms with E-state index in [4.69, 9.17) is 0 Å². The van der Waals surface area contributed by atoms with E-state index in [-0.39, 0.29) is 0 Å². The molecule has 0 aromatic carbocycles. The molecule has 112 valence electrons. The number of hydrogen-bond acceptors (Lipinski definition) is 3. The van der Waals surface area contributed by atoms with Crippen molar-refractivity contribution in [2.24, 2.45) is 11.8 Å². The van der Waals surface area contributed by atoms with Crippen LogP contribution in [0.2, 0.25) is 0 Å². The van der Waals surface area contributed by atoms with Gasteiger partial charge in [0.2, 0.25) is 0 Å². The van der Waals surface area contributed by atoms with Crippen molar-refractivity contribution >= 4 is 10.2 Å². The Morgan fingerprint density at radius 1 is 1.26 bits per heavy atom. The van der Waals surface area contributed by atoms with Gasteiger partial charge in [0.05, 0.1) is 0 Å². The molecule has 0 aliphatic carbocycles. The first-order valence-electron chi connectivity index (χ1n) is 7.47. The average molecular weight is 289 g/mol. The smallest absolute Gasteiger partial charge is 0.279 e. The molecule has 0 radical (unpaired) electrons. The SMILES string of the molecule is CC(C)CNS(=O)(=O)N1CCC(C2CCCN2)CC1. The molecular weight excluding hydrogens is 262 g/mol. The van der Waals surface area contributed by atoms with Crippen LogP contribution in [0.5, 0.6) is 0 Å². The van der Waals surface area contributed by atoms with Gasteiger partial charge in [-0.05, 0) is 44.1 Å². The minimum atomic E-state index is -3.26. The maximum atomic E-state index is 12.1. The van der Waals surface area contributed by atoms with Crippen LogP contribution in [0.4, 0.5) is 0 Å². The van der Waals surface area contributed by atoms with Crippen molar-refractivity contribution in [3.8, 4) is 0 Å². The number of hydrogen-bond donors (Lipinski definition) is 2. The third kappa shape index (κ3) is 4.15. The van der Waals surface area contributed by atoms with Gasteiger partial charge in [-0.25, -0.2) is 4.72 Å². The van der Waals surface area contributed by atoms with Crippen LogP contribution in [-0.4, -0.2) is 44.9 Å². The molecule has 5 nitrogen and oxygen atoms in total. The summed E-state index contributed by atoms with van der Waals surface area (Å²) in [4.78, 5) is 0. The first kappa shape index (κ1) is 15.2. The van der Waals surface area contributed by atoms with Gasteiger partial charge in [0.15, 0.2) is 0 Å². The molecule has 0 spiro atoms. The fraction of sp³-hybridized carbons (Fsp3) is 1.00. The Morgan fingerprint density at radius 2 is 1.95 bits per heavy atom. The van der Waals surface area contributed by atoms with Crippen LogP contribution in [-0.2, 0) is 10.2 Å². The van der Waals surface area contributed by atoms with Gasteiger partial charge in [-0.1, -0.05) is 13.8 Å². The maximum absolute atomic E-state index is 12.1. The van der Waals surface area contributed by atoms with Crippen LogP contribution in [0.15, 0.2) is 0 Å². The molecule has 0 amide bonds. The lowest BCUT2D eigenvalue weighted by Gasteiger charge is -2.34. The van der Waals surface area contributed by atoms with Gasteiger partial charge in [0, 0.05) is 25.7 Å². The van der Waals surface area contributed by atoms with Crippen molar-refractivity contribution < 1.29 is 8.42 Å². The van der Waals surface area contributed by atoms with Crippen LogP contribution < -0.4 is 10.0 Å². The molecule has 2 rings (SSSR count). The molecule has 1 atom stereocenters. The average Bonchev–Trinajstić information content (AvgIpc) is 2.91. The first-order chi connectivity index (χ1) is 8.99. The predicted molar refractivity (Wildman–Crippen MR) is 77.1 cm³/mol. The predicted octanol–water partition coefficient (Wildman–Crippen LogP) is 0.941. The summed E-state index contributed by atoms with van der Waals surface area (Å²) in [6, 6.07) is 0.619. The topological polar surface area (TPSA) is 61.4 Å². The zero-order valence-corrected chi connectivity index (χ0v) is 12.9. The van der Waals surface area contributed by atoms with Crippen molar-refractivity contribution in [3.05, 3.63) is 0 Å². The van der Waals surface area contributed by atoms with Gasteiger partial charge in [0.25, 0.3) is 10.2 Å². The Labute approximate surface area is 117 Å². The summed E-state index contributed by atoms with van der Waals surface area (Å²) in [5.74, 6) is 0.994. The number of nitrogens with one attached hydrogen (secondary N) is 2. The van der Waals surface area contributed by atoms with E-state index in [1.54, 1.807) is 4.31 Å². The van der Waals surface area contributed by atoms with Gasteiger partial charge >= 0.3 is 0 Å². The standard InChI is InChI=1S/C13H27N3O2S/c1-11(2)10-15-19(17,18)16-8-5-12(6-9-16)13-4-3-7-14-13/h11-15H,3-10H2,1-2H3. The molecular formula is C13H27N3O2S. The highest BCUT2D eigenvalue weighted by atomic mass is 32.2. The van der Waals surface area contributed by atoms with Gasteiger partial charge < -0.3 is 5.32 Å². The Kier molecular flexibility index (Phi) is 5.22. The number of nitrogens with zero attached hydrogens (tertiary/aromatic N) is 1. The second-order valence-corrected chi connectivity index (χ2v) is 7.94. The van der Waals surface area contributed by atoms with E-state index in [0.29, 0.717) is 37.5 Å². The van der Waals surface area contributed by atoms with Gasteiger partial charge in [0.1, 0.15) is 0 Å². The van der Waals surface area contributed by atoms with Gasteiger partial charge in [-0.3, -0.25) is 0 Å². The van der Waals surface area contributed by atoms with Crippen molar-refractivity contribution in [2.45, 2.75) is 45.6 Å². The lowest BCUT2D eigenvalue weighted by Crippen LogP contribution is -2.48. The molecule has 2 N–H and O–H groups in total. The molecule has 1 unspecified atom stereocenters. The van der Waals surface area contributed by atoms with Gasteiger partial charge in [-0.15, -0.1) is 0 Å². The number of rotatable bonds is 5. The molecule has 6 heteroatoms. The third-order valence-electron chi connectivity index (χ3n) is 4.18. The zero-order chi connectivity index (χ0) is 13.9. The third-order valence-corrected chi connectivity index (χ3v) is 5.76. The van der Waals surface area contributed by atoms with Crippen molar-refractivity contribution in [1.82, 2.24) is 14.3 Å². The first-order valence-corrected chi connectivity index (χ1v) is 8.91. The highest BCUT2D eigenvalue weighted by molar-refractivity contribution is 7.87. The summed E-state index contributed by atoms with van der Waals surface area (Å²) in [7, 11) is -3.26. The van der Waals surface area contributed by atoms with Crippen LogP contribution >= 0.6 is 0 Å². The Hall–Kier alpha value is -0.170. The zero-order valence-electron chi connectivity index (χ0n) is 12.1. The van der Waals surface area contributed by atoms with Crippen LogP contribution in [0, 0.1) is 11.8 Å². The molecule has 0 aromatic rings. The van der Waals surface area contributed by atoms with Crippen LogP contribution in [0.1, 0.15) is 39.5 Å². The molecule has 2 aliphatic rings. The maximum Gasteiger partial charge on any atom is 0.279 e. The molecule has 2 saturated heterocycles. The van der Waals surface area contributed by atoms with E-state index < -0.39 is 10.2 Å². The van der Waals surface area contributed by atoms with Crippen LogP contribution in [0.3, 0.4) is 0 Å².